The highest BCUT2D eigenvalue weighted by atomic mass is 35.5. The molecule has 2 N–H and O–H groups in total. The van der Waals surface area contributed by atoms with Gasteiger partial charge >= 0.3 is 0 Å². The van der Waals surface area contributed by atoms with Crippen LogP contribution in [0.15, 0.2) is 12.8 Å². The summed E-state index contributed by atoms with van der Waals surface area (Å²) in [5, 5.41) is 6.82. The summed E-state index contributed by atoms with van der Waals surface area (Å²) in [6.07, 6.45) is 2.16. The molecule has 0 atom stereocenters. The molecule has 0 spiro atoms. The zero-order chi connectivity index (χ0) is 11.3. The summed E-state index contributed by atoms with van der Waals surface area (Å²) in [5.74, 6) is 0. The summed E-state index contributed by atoms with van der Waals surface area (Å²) < 4.78 is 1.09. The summed E-state index contributed by atoms with van der Waals surface area (Å²) in [4.78, 5) is 2.57. The highest BCUT2D eigenvalue weighted by molar-refractivity contribution is 4.70. The van der Waals surface area contributed by atoms with Gasteiger partial charge < -0.3 is 23.0 Å². The summed E-state index contributed by atoms with van der Waals surface area (Å²) >= 11 is 0. The fraction of sp³-hybridized carbons (Fsp3) is 0.833. The second-order valence-corrected chi connectivity index (χ2v) is 4.91. The second-order valence-electron chi connectivity index (χ2n) is 4.91. The molecule has 2 aliphatic heterocycles. The zero-order valence-corrected chi connectivity index (χ0v) is 11.4. The standard InChI is InChI=1S/C12H25N4.ClH/c1-2-16(10-5-14-6-11-16)12-9-15-7-3-13-4-8-15;/h2,13-14H,1,3-12H2;1H/q+1;/p-1. The molecule has 0 aromatic carbocycles. The Morgan fingerprint density at radius 2 is 1.65 bits per heavy atom. The first-order valence-electron chi connectivity index (χ1n) is 6.48. The van der Waals surface area contributed by atoms with Crippen molar-refractivity contribution in [1.29, 1.82) is 0 Å². The smallest absolute Gasteiger partial charge is 0.0958 e. The molecule has 0 aromatic heterocycles. The van der Waals surface area contributed by atoms with E-state index in [0.29, 0.717) is 0 Å². The van der Waals surface area contributed by atoms with Crippen LogP contribution in [0.5, 0.6) is 0 Å². The first-order chi connectivity index (χ1) is 7.85. The predicted octanol–water partition coefficient (Wildman–Crippen LogP) is -3.54. The van der Waals surface area contributed by atoms with E-state index in [1.807, 2.05) is 0 Å². The second kappa shape index (κ2) is 7.34. The third-order valence-corrected chi connectivity index (χ3v) is 3.93. The van der Waals surface area contributed by atoms with E-state index in [1.54, 1.807) is 0 Å². The first kappa shape index (κ1) is 14.9. The van der Waals surface area contributed by atoms with Crippen LogP contribution in [-0.4, -0.2) is 74.8 Å². The van der Waals surface area contributed by atoms with Crippen molar-refractivity contribution in [1.82, 2.24) is 15.5 Å². The third-order valence-electron chi connectivity index (χ3n) is 3.93. The minimum atomic E-state index is 0. The number of nitrogens with zero attached hydrogens (tertiary/aromatic N) is 2. The molecule has 2 rings (SSSR count). The molecular formula is C12H25ClN4. The van der Waals surface area contributed by atoms with Crippen molar-refractivity contribution in [3.8, 4) is 0 Å². The fourth-order valence-electron chi connectivity index (χ4n) is 2.61. The van der Waals surface area contributed by atoms with Gasteiger partial charge in [0.25, 0.3) is 0 Å². The minimum Gasteiger partial charge on any atom is -1.00 e. The third kappa shape index (κ3) is 4.23. The molecule has 0 radical (unpaired) electrons. The Labute approximate surface area is 111 Å². The van der Waals surface area contributed by atoms with E-state index in [-0.39, 0.29) is 12.4 Å². The van der Waals surface area contributed by atoms with Crippen molar-refractivity contribution in [3.63, 3.8) is 0 Å². The summed E-state index contributed by atoms with van der Waals surface area (Å²) in [7, 11) is 0. The van der Waals surface area contributed by atoms with Gasteiger partial charge in [-0.3, -0.25) is 9.38 Å². The van der Waals surface area contributed by atoms with Gasteiger partial charge in [-0.1, -0.05) is 0 Å². The number of rotatable bonds is 4. The fourth-order valence-corrected chi connectivity index (χ4v) is 2.61. The Bertz CT molecular complexity index is 223. The Morgan fingerprint density at radius 1 is 1.06 bits per heavy atom. The lowest BCUT2D eigenvalue weighted by Gasteiger charge is -2.40. The predicted molar refractivity (Wildman–Crippen MR) is 67.2 cm³/mol. The van der Waals surface area contributed by atoms with E-state index in [1.165, 1.54) is 39.3 Å². The van der Waals surface area contributed by atoms with Crippen LogP contribution in [0.2, 0.25) is 0 Å². The van der Waals surface area contributed by atoms with Crippen LogP contribution in [0.25, 0.3) is 0 Å². The molecule has 0 unspecified atom stereocenters. The highest BCUT2D eigenvalue weighted by Gasteiger charge is 2.27. The zero-order valence-electron chi connectivity index (χ0n) is 10.6. The Morgan fingerprint density at radius 3 is 2.24 bits per heavy atom. The SMILES string of the molecule is C=C[N+]1(CCN2CCNCC2)CCNCC1.[Cl-]. The number of nitrogens with one attached hydrogen (secondary N) is 2. The van der Waals surface area contributed by atoms with E-state index >= 15 is 0 Å². The van der Waals surface area contributed by atoms with E-state index in [4.69, 9.17) is 0 Å². The number of halogens is 1. The number of hydrogen-bond donors (Lipinski definition) is 2. The molecule has 2 saturated heterocycles. The number of piperazine rings is 2. The normalized spacial score (nSPS) is 24.9. The van der Waals surface area contributed by atoms with Crippen molar-refractivity contribution >= 4 is 0 Å². The minimum absolute atomic E-state index is 0. The lowest BCUT2D eigenvalue weighted by Crippen LogP contribution is -3.00. The van der Waals surface area contributed by atoms with E-state index in [2.05, 4.69) is 28.3 Å². The van der Waals surface area contributed by atoms with Gasteiger partial charge in [0.05, 0.1) is 25.8 Å². The molecule has 2 fully saturated rings. The maximum Gasteiger partial charge on any atom is 0.0958 e. The molecule has 100 valence electrons. The van der Waals surface area contributed by atoms with Gasteiger partial charge in [-0.25, -0.2) is 0 Å². The van der Waals surface area contributed by atoms with Crippen molar-refractivity contribution in [2.24, 2.45) is 0 Å². The maximum atomic E-state index is 4.03. The summed E-state index contributed by atoms with van der Waals surface area (Å²) in [6.45, 7) is 15.9. The Kier molecular flexibility index (Phi) is 6.44. The van der Waals surface area contributed by atoms with Crippen molar-refractivity contribution < 1.29 is 16.9 Å². The van der Waals surface area contributed by atoms with Crippen LogP contribution in [0.3, 0.4) is 0 Å². The summed E-state index contributed by atoms with van der Waals surface area (Å²) in [5.41, 5.74) is 0. The van der Waals surface area contributed by atoms with Crippen molar-refractivity contribution in [2.45, 2.75) is 0 Å². The van der Waals surface area contributed by atoms with E-state index in [9.17, 15) is 0 Å². The average Bonchev–Trinajstić information content (AvgIpc) is 2.39. The van der Waals surface area contributed by atoms with Gasteiger partial charge in [0.2, 0.25) is 0 Å². The highest BCUT2D eigenvalue weighted by Crippen LogP contribution is 2.10. The largest absolute Gasteiger partial charge is 1.00 e. The van der Waals surface area contributed by atoms with Gasteiger partial charge in [-0.2, -0.15) is 0 Å². The van der Waals surface area contributed by atoms with Gasteiger partial charge in [0, 0.05) is 45.8 Å². The van der Waals surface area contributed by atoms with Gasteiger partial charge in [0.1, 0.15) is 0 Å². The maximum absolute atomic E-state index is 4.03. The van der Waals surface area contributed by atoms with Crippen LogP contribution in [0.1, 0.15) is 0 Å². The van der Waals surface area contributed by atoms with Gasteiger partial charge in [-0.15, -0.1) is 0 Å². The van der Waals surface area contributed by atoms with Crippen LogP contribution in [-0.2, 0) is 0 Å². The van der Waals surface area contributed by atoms with Crippen LogP contribution in [0.4, 0.5) is 0 Å². The first-order valence-corrected chi connectivity index (χ1v) is 6.48. The topological polar surface area (TPSA) is 27.3 Å². The Balaban J connectivity index is 0.00000144. The monoisotopic (exact) mass is 260 g/mol. The van der Waals surface area contributed by atoms with Crippen LogP contribution in [0, 0.1) is 0 Å². The molecule has 4 nitrogen and oxygen atoms in total. The van der Waals surface area contributed by atoms with Gasteiger partial charge in [-0.05, 0) is 6.58 Å². The number of hydrogen-bond acceptors (Lipinski definition) is 3. The lowest BCUT2D eigenvalue weighted by molar-refractivity contribution is -0.880. The average molecular weight is 261 g/mol. The lowest BCUT2D eigenvalue weighted by atomic mass is 10.2. The molecule has 5 heteroatoms. The summed E-state index contributed by atoms with van der Waals surface area (Å²) in [6, 6.07) is 0. The molecule has 17 heavy (non-hydrogen) atoms. The molecular weight excluding hydrogens is 236 g/mol. The van der Waals surface area contributed by atoms with Crippen LogP contribution < -0.4 is 23.0 Å². The quantitative estimate of drug-likeness (QED) is 0.513. The molecule has 0 amide bonds. The van der Waals surface area contributed by atoms with E-state index in [0.717, 1.165) is 30.7 Å². The van der Waals surface area contributed by atoms with E-state index < -0.39 is 0 Å². The molecule has 0 bridgehead atoms. The Hall–Kier alpha value is -0.130. The molecule has 0 saturated carbocycles. The molecule has 2 aliphatic rings. The van der Waals surface area contributed by atoms with Crippen molar-refractivity contribution in [3.05, 3.63) is 12.8 Å². The number of quaternary nitrogens is 1. The van der Waals surface area contributed by atoms with Crippen LogP contribution >= 0.6 is 0 Å². The van der Waals surface area contributed by atoms with Crippen molar-refractivity contribution in [2.75, 3.05) is 65.4 Å². The van der Waals surface area contributed by atoms with Gasteiger partial charge in [0.15, 0.2) is 0 Å². The molecule has 0 aromatic rings. The molecule has 2 heterocycles. The molecule has 0 aliphatic carbocycles.